The van der Waals surface area contributed by atoms with Crippen molar-refractivity contribution in [2.24, 2.45) is 11.7 Å². The Labute approximate surface area is 71.7 Å². The van der Waals surface area contributed by atoms with E-state index in [1.165, 1.54) is 25.7 Å². The monoisotopic (exact) mass is 308 g/mol. The molecule has 1 saturated carbocycles. The van der Waals surface area contributed by atoms with Crippen molar-refractivity contribution in [3.63, 3.8) is 0 Å². The molecule has 1 fully saturated rings. The van der Waals surface area contributed by atoms with Crippen molar-refractivity contribution in [2.45, 2.75) is 38.6 Å². The van der Waals surface area contributed by atoms with Crippen LogP contribution >= 0.6 is 0 Å². The summed E-state index contributed by atoms with van der Waals surface area (Å²) in [4.78, 5) is 0. The van der Waals surface area contributed by atoms with Gasteiger partial charge in [0.2, 0.25) is 0 Å². The molecular weight excluding hydrogens is 293 g/mol. The predicted octanol–water partition coefficient (Wildman–Crippen LogP) is 1.52. The largest absolute Gasteiger partial charge is 2.00 e. The van der Waals surface area contributed by atoms with Crippen molar-refractivity contribution in [2.75, 3.05) is 0 Å². The third-order valence-corrected chi connectivity index (χ3v) is 2.18. The maximum absolute atomic E-state index is 5.78. The van der Waals surface area contributed by atoms with E-state index in [-0.39, 0.29) is 21.1 Å². The van der Waals surface area contributed by atoms with Crippen molar-refractivity contribution in [3.05, 3.63) is 0 Å². The van der Waals surface area contributed by atoms with Gasteiger partial charge >= 0.3 is 21.1 Å². The maximum atomic E-state index is 5.78. The van der Waals surface area contributed by atoms with Crippen LogP contribution in [-0.2, 0) is 21.1 Å². The van der Waals surface area contributed by atoms with Crippen LogP contribution in [0.1, 0.15) is 32.6 Å². The number of hydrogen-bond donors (Lipinski definition) is 1. The van der Waals surface area contributed by atoms with Gasteiger partial charge in [-0.2, -0.15) is 0 Å². The Bertz CT molecular complexity index is 65.3. The van der Waals surface area contributed by atoms with Crippen LogP contribution < -0.4 is 5.73 Å². The van der Waals surface area contributed by atoms with Crippen LogP contribution in [0.4, 0.5) is 0 Å². The Hall–Kier alpha value is 0.648. The van der Waals surface area contributed by atoms with E-state index in [0.29, 0.717) is 6.04 Å². The molecule has 2 N–H and O–H groups in total. The quantitative estimate of drug-likeness (QED) is 0.721. The molecule has 2 heteroatoms. The Morgan fingerprint density at radius 1 is 1.22 bits per heavy atom. The molecule has 0 saturated heterocycles. The molecule has 56 valence electrons. The molecule has 2 atom stereocenters. The standard InChI is InChI=1S/C7H15N.Pt/c1-6-4-2-3-5-7(6)8;/h6-7H,2-5,8H2,1H3;/q;+2. The second kappa shape index (κ2) is 4.46. The summed E-state index contributed by atoms with van der Waals surface area (Å²) >= 11 is 0. The van der Waals surface area contributed by atoms with E-state index in [4.69, 9.17) is 5.73 Å². The summed E-state index contributed by atoms with van der Waals surface area (Å²) in [6, 6.07) is 0.503. The molecule has 1 aliphatic carbocycles. The van der Waals surface area contributed by atoms with Crippen molar-refractivity contribution in [1.82, 2.24) is 0 Å². The zero-order valence-corrected chi connectivity index (χ0v) is 8.15. The van der Waals surface area contributed by atoms with Crippen molar-refractivity contribution < 1.29 is 21.1 Å². The van der Waals surface area contributed by atoms with E-state index in [1.54, 1.807) is 0 Å². The first-order chi connectivity index (χ1) is 3.80. The van der Waals surface area contributed by atoms with Gasteiger partial charge in [-0.25, -0.2) is 0 Å². The molecule has 9 heavy (non-hydrogen) atoms. The van der Waals surface area contributed by atoms with Crippen molar-refractivity contribution >= 4 is 0 Å². The molecule has 2 unspecified atom stereocenters. The van der Waals surface area contributed by atoms with E-state index in [9.17, 15) is 0 Å². The van der Waals surface area contributed by atoms with Crippen LogP contribution in [0, 0.1) is 5.92 Å². The zero-order valence-electron chi connectivity index (χ0n) is 5.88. The molecule has 0 bridgehead atoms. The van der Waals surface area contributed by atoms with E-state index in [2.05, 4.69) is 6.92 Å². The summed E-state index contributed by atoms with van der Waals surface area (Å²) in [5, 5.41) is 0. The summed E-state index contributed by atoms with van der Waals surface area (Å²) < 4.78 is 0. The first kappa shape index (κ1) is 9.65. The van der Waals surface area contributed by atoms with Gasteiger partial charge in [0.25, 0.3) is 0 Å². The van der Waals surface area contributed by atoms with Crippen molar-refractivity contribution in [1.29, 1.82) is 0 Å². The van der Waals surface area contributed by atoms with Gasteiger partial charge in [-0.15, -0.1) is 0 Å². The summed E-state index contributed by atoms with van der Waals surface area (Å²) in [5.41, 5.74) is 5.78. The first-order valence-corrected chi connectivity index (χ1v) is 3.56. The van der Waals surface area contributed by atoms with Gasteiger partial charge in [-0.05, 0) is 18.8 Å². The number of rotatable bonds is 0. The Morgan fingerprint density at radius 2 is 1.78 bits per heavy atom. The fourth-order valence-corrected chi connectivity index (χ4v) is 1.34. The maximum Gasteiger partial charge on any atom is 2.00 e. The van der Waals surface area contributed by atoms with E-state index < -0.39 is 0 Å². The molecule has 1 nitrogen and oxygen atoms in total. The van der Waals surface area contributed by atoms with Gasteiger partial charge < -0.3 is 5.73 Å². The smallest absolute Gasteiger partial charge is 0.327 e. The third-order valence-electron chi connectivity index (χ3n) is 2.18. The van der Waals surface area contributed by atoms with E-state index in [0.717, 1.165) is 5.92 Å². The van der Waals surface area contributed by atoms with Crippen molar-refractivity contribution in [3.8, 4) is 0 Å². The molecule has 1 rings (SSSR count). The second-order valence-corrected chi connectivity index (χ2v) is 2.93. The summed E-state index contributed by atoms with van der Waals surface area (Å²) in [7, 11) is 0. The van der Waals surface area contributed by atoms with Gasteiger partial charge in [0.05, 0.1) is 0 Å². The molecular formula is C7H15NPt+2. The van der Waals surface area contributed by atoms with Crippen LogP contribution in [0.2, 0.25) is 0 Å². The Morgan fingerprint density at radius 3 is 2.11 bits per heavy atom. The summed E-state index contributed by atoms with van der Waals surface area (Å²) in [6.07, 6.45) is 5.35. The first-order valence-electron chi connectivity index (χ1n) is 3.56. The topological polar surface area (TPSA) is 26.0 Å². The molecule has 0 aromatic rings. The molecule has 0 amide bonds. The van der Waals surface area contributed by atoms with Crippen LogP contribution in [-0.4, -0.2) is 6.04 Å². The molecule has 0 radical (unpaired) electrons. The predicted molar refractivity (Wildman–Crippen MR) is 35.6 cm³/mol. The van der Waals surface area contributed by atoms with Gasteiger partial charge in [-0.3, -0.25) is 0 Å². The average molecular weight is 308 g/mol. The van der Waals surface area contributed by atoms with Crippen LogP contribution in [0.15, 0.2) is 0 Å². The summed E-state index contributed by atoms with van der Waals surface area (Å²) in [6.45, 7) is 2.25. The van der Waals surface area contributed by atoms with E-state index in [1.807, 2.05) is 0 Å². The van der Waals surface area contributed by atoms with Gasteiger partial charge in [0.1, 0.15) is 0 Å². The second-order valence-electron chi connectivity index (χ2n) is 2.93. The third kappa shape index (κ3) is 2.82. The van der Waals surface area contributed by atoms with Crippen LogP contribution in [0.3, 0.4) is 0 Å². The fraction of sp³-hybridized carbons (Fsp3) is 1.00. The zero-order chi connectivity index (χ0) is 5.98. The molecule has 0 aromatic heterocycles. The minimum atomic E-state index is 0. The normalized spacial score (nSPS) is 35.3. The molecule has 0 spiro atoms. The Balaban J connectivity index is 0.000000640. The number of nitrogens with two attached hydrogens (primary N) is 1. The Kier molecular flexibility index (Phi) is 4.78. The van der Waals surface area contributed by atoms with E-state index >= 15 is 0 Å². The minimum absolute atomic E-state index is 0. The minimum Gasteiger partial charge on any atom is -0.327 e. The number of hydrogen-bond acceptors (Lipinski definition) is 1. The average Bonchev–Trinajstić information content (AvgIpc) is 1.77. The molecule has 1 aliphatic rings. The van der Waals surface area contributed by atoms with Gasteiger partial charge in [-0.1, -0.05) is 19.8 Å². The van der Waals surface area contributed by atoms with Gasteiger partial charge in [0, 0.05) is 6.04 Å². The van der Waals surface area contributed by atoms with Crippen LogP contribution in [0.25, 0.3) is 0 Å². The molecule has 0 aromatic carbocycles. The fourth-order valence-electron chi connectivity index (χ4n) is 1.34. The summed E-state index contributed by atoms with van der Waals surface area (Å²) in [5.74, 6) is 0.781. The van der Waals surface area contributed by atoms with Crippen LogP contribution in [0.5, 0.6) is 0 Å². The molecule has 0 aliphatic heterocycles. The van der Waals surface area contributed by atoms with Gasteiger partial charge in [0.15, 0.2) is 0 Å². The SMILES string of the molecule is CC1CCCCC1N.[Pt+2]. The molecule has 0 heterocycles.